The number of rotatable bonds is 4. The van der Waals surface area contributed by atoms with E-state index in [4.69, 9.17) is 4.74 Å². The van der Waals surface area contributed by atoms with Gasteiger partial charge in [-0.05, 0) is 44.9 Å². The Labute approximate surface area is 131 Å². The summed E-state index contributed by atoms with van der Waals surface area (Å²) in [5, 5.41) is 1.29. The third-order valence-electron chi connectivity index (χ3n) is 4.53. The SMILES string of the molecule is CCOC(=O)[C@H]1CCCN(Cc2c(C)[nH]c3ccccc23)C1. The smallest absolute Gasteiger partial charge is 0.310 e. The van der Waals surface area contributed by atoms with Crippen LogP contribution in [0.15, 0.2) is 24.3 Å². The van der Waals surface area contributed by atoms with Crippen LogP contribution in [0.25, 0.3) is 10.9 Å². The fraction of sp³-hybridized carbons (Fsp3) is 0.500. The molecule has 2 aromatic rings. The van der Waals surface area contributed by atoms with Crippen molar-refractivity contribution in [2.24, 2.45) is 5.92 Å². The Morgan fingerprint density at radius 2 is 2.23 bits per heavy atom. The van der Waals surface area contributed by atoms with E-state index in [1.54, 1.807) is 0 Å². The standard InChI is InChI=1S/C18H24N2O2/c1-3-22-18(21)14-7-6-10-20(11-14)12-16-13(2)19-17-9-5-4-8-15(16)17/h4-5,8-9,14,19H,3,6-7,10-12H2,1-2H3/t14-/m0/s1. The second-order valence-corrected chi connectivity index (χ2v) is 6.10. The summed E-state index contributed by atoms with van der Waals surface area (Å²) in [5.74, 6) is -0.0120. The third kappa shape index (κ3) is 3.02. The normalized spacial score (nSPS) is 19.5. The number of aromatic nitrogens is 1. The summed E-state index contributed by atoms with van der Waals surface area (Å²) in [6.45, 7) is 7.21. The second kappa shape index (κ2) is 6.53. The molecule has 4 nitrogen and oxygen atoms in total. The van der Waals surface area contributed by atoms with Gasteiger partial charge in [-0.3, -0.25) is 9.69 Å². The van der Waals surface area contributed by atoms with Gasteiger partial charge in [0.05, 0.1) is 12.5 Å². The fourth-order valence-corrected chi connectivity index (χ4v) is 3.41. The van der Waals surface area contributed by atoms with Crippen molar-refractivity contribution in [3.05, 3.63) is 35.5 Å². The molecule has 3 rings (SSSR count). The first-order valence-electron chi connectivity index (χ1n) is 8.14. The number of benzene rings is 1. The quantitative estimate of drug-likeness (QED) is 0.882. The average molecular weight is 300 g/mol. The van der Waals surface area contributed by atoms with E-state index in [0.29, 0.717) is 6.61 Å². The molecule has 0 saturated carbocycles. The largest absolute Gasteiger partial charge is 0.466 e. The number of aromatic amines is 1. The predicted molar refractivity (Wildman–Crippen MR) is 87.7 cm³/mol. The van der Waals surface area contributed by atoms with E-state index in [-0.39, 0.29) is 11.9 Å². The Hall–Kier alpha value is -1.81. The first kappa shape index (κ1) is 15.1. The van der Waals surface area contributed by atoms with E-state index in [1.165, 1.54) is 22.2 Å². The monoisotopic (exact) mass is 300 g/mol. The lowest BCUT2D eigenvalue weighted by molar-refractivity contribution is -0.150. The molecule has 0 aliphatic carbocycles. The highest BCUT2D eigenvalue weighted by Crippen LogP contribution is 2.26. The number of H-pyrrole nitrogens is 1. The lowest BCUT2D eigenvalue weighted by Gasteiger charge is -2.31. The molecule has 0 amide bonds. The molecular weight excluding hydrogens is 276 g/mol. The number of aryl methyl sites for hydroxylation is 1. The Morgan fingerprint density at radius 3 is 3.05 bits per heavy atom. The zero-order valence-corrected chi connectivity index (χ0v) is 13.4. The van der Waals surface area contributed by atoms with Crippen molar-refractivity contribution in [3.8, 4) is 0 Å². The van der Waals surface area contributed by atoms with Crippen LogP contribution in [-0.4, -0.2) is 35.5 Å². The fourth-order valence-electron chi connectivity index (χ4n) is 3.41. The van der Waals surface area contributed by atoms with Crippen LogP contribution in [0.2, 0.25) is 0 Å². The summed E-state index contributed by atoms with van der Waals surface area (Å²) in [4.78, 5) is 17.8. The van der Waals surface area contributed by atoms with Gasteiger partial charge >= 0.3 is 5.97 Å². The van der Waals surface area contributed by atoms with Crippen LogP contribution in [0, 0.1) is 12.8 Å². The van der Waals surface area contributed by atoms with Gasteiger partial charge in [-0.25, -0.2) is 0 Å². The van der Waals surface area contributed by atoms with E-state index < -0.39 is 0 Å². The van der Waals surface area contributed by atoms with Gasteiger partial charge in [0.1, 0.15) is 0 Å². The average Bonchev–Trinajstić information content (AvgIpc) is 2.84. The molecule has 1 aliphatic heterocycles. The lowest BCUT2D eigenvalue weighted by Crippen LogP contribution is -2.39. The Morgan fingerprint density at radius 1 is 1.41 bits per heavy atom. The number of carbonyl (C=O) groups is 1. The van der Waals surface area contributed by atoms with Gasteiger partial charge in [0.15, 0.2) is 0 Å². The van der Waals surface area contributed by atoms with E-state index in [1.807, 2.05) is 6.92 Å². The third-order valence-corrected chi connectivity index (χ3v) is 4.53. The number of ether oxygens (including phenoxy) is 1. The molecule has 1 saturated heterocycles. The number of piperidine rings is 1. The van der Waals surface area contributed by atoms with Gasteiger partial charge in [-0.15, -0.1) is 0 Å². The van der Waals surface area contributed by atoms with Crippen molar-refractivity contribution < 1.29 is 9.53 Å². The predicted octanol–water partition coefficient (Wildman–Crippen LogP) is 3.25. The number of fused-ring (bicyclic) bond motifs is 1. The molecule has 1 aromatic carbocycles. The number of nitrogens with zero attached hydrogens (tertiary/aromatic N) is 1. The van der Waals surface area contributed by atoms with Gasteiger partial charge in [-0.1, -0.05) is 18.2 Å². The maximum absolute atomic E-state index is 12.0. The minimum atomic E-state index is -0.0390. The molecule has 0 radical (unpaired) electrons. The van der Waals surface area contributed by atoms with E-state index in [0.717, 1.165) is 32.5 Å². The van der Waals surface area contributed by atoms with Crippen LogP contribution in [0.5, 0.6) is 0 Å². The van der Waals surface area contributed by atoms with Crippen LogP contribution in [-0.2, 0) is 16.1 Å². The molecule has 0 unspecified atom stereocenters. The first-order chi connectivity index (χ1) is 10.7. The second-order valence-electron chi connectivity index (χ2n) is 6.10. The number of likely N-dealkylation sites (tertiary alicyclic amines) is 1. The molecule has 1 aromatic heterocycles. The van der Waals surface area contributed by atoms with Crippen LogP contribution in [0.1, 0.15) is 31.0 Å². The van der Waals surface area contributed by atoms with E-state index in [9.17, 15) is 4.79 Å². The van der Waals surface area contributed by atoms with Crippen LogP contribution >= 0.6 is 0 Å². The molecule has 1 atom stereocenters. The van der Waals surface area contributed by atoms with E-state index in [2.05, 4.69) is 41.1 Å². The Kier molecular flexibility index (Phi) is 4.48. The molecular formula is C18H24N2O2. The van der Waals surface area contributed by atoms with Crippen molar-refractivity contribution in [1.82, 2.24) is 9.88 Å². The van der Waals surface area contributed by atoms with Gasteiger partial charge < -0.3 is 9.72 Å². The summed E-state index contributed by atoms with van der Waals surface area (Å²) >= 11 is 0. The summed E-state index contributed by atoms with van der Waals surface area (Å²) < 4.78 is 5.19. The van der Waals surface area contributed by atoms with Crippen molar-refractivity contribution in [2.45, 2.75) is 33.2 Å². The molecule has 4 heteroatoms. The minimum absolute atomic E-state index is 0.0270. The van der Waals surface area contributed by atoms with Gasteiger partial charge in [0.25, 0.3) is 0 Å². The maximum atomic E-state index is 12.0. The summed E-state index contributed by atoms with van der Waals surface area (Å²) in [5.41, 5.74) is 3.76. The molecule has 22 heavy (non-hydrogen) atoms. The van der Waals surface area contributed by atoms with Crippen molar-refractivity contribution in [2.75, 3.05) is 19.7 Å². The van der Waals surface area contributed by atoms with Crippen molar-refractivity contribution in [3.63, 3.8) is 0 Å². The highest BCUT2D eigenvalue weighted by atomic mass is 16.5. The zero-order chi connectivity index (χ0) is 15.5. The highest BCUT2D eigenvalue weighted by molar-refractivity contribution is 5.84. The Bertz CT molecular complexity index is 662. The number of hydrogen-bond donors (Lipinski definition) is 1. The summed E-state index contributed by atoms with van der Waals surface area (Å²) in [6.07, 6.45) is 2.01. The topological polar surface area (TPSA) is 45.3 Å². The van der Waals surface area contributed by atoms with Crippen molar-refractivity contribution in [1.29, 1.82) is 0 Å². The molecule has 0 spiro atoms. The van der Waals surface area contributed by atoms with Crippen molar-refractivity contribution >= 4 is 16.9 Å². The molecule has 1 aliphatic rings. The summed E-state index contributed by atoms with van der Waals surface area (Å²) in [7, 11) is 0. The van der Waals surface area contributed by atoms with Crippen LogP contribution in [0.3, 0.4) is 0 Å². The number of para-hydroxylation sites is 1. The number of hydrogen-bond acceptors (Lipinski definition) is 3. The number of carbonyl (C=O) groups excluding carboxylic acids is 1. The molecule has 1 N–H and O–H groups in total. The van der Waals surface area contributed by atoms with Gasteiger partial charge in [0.2, 0.25) is 0 Å². The summed E-state index contributed by atoms with van der Waals surface area (Å²) in [6, 6.07) is 8.42. The molecule has 1 fully saturated rings. The van der Waals surface area contributed by atoms with Crippen LogP contribution in [0.4, 0.5) is 0 Å². The zero-order valence-electron chi connectivity index (χ0n) is 13.4. The lowest BCUT2D eigenvalue weighted by atomic mass is 9.97. The maximum Gasteiger partial charge on any atom is 0.310 e. The molecule has 118 valence electrons. The Balaban J connectivity index is 1.74. The molecule has 0 bridgehead atoms. The van der Waals surface area contributed by atoms with Crippen LogP contribution < -0.4 is 0 Å². The highest BCUT2D eigenvalue weighted by Gasteiger charge is 2.27. The van der Waals surface area contributed by atoms with Gasteiger partial charge in [0, 0.05) is 29.7 Å². The van der Waals surface area contributed by atoms with Gasteiger partial charge in [-0.2, -0.15) is 0 Å². The minimum Gasteiger partial charge on any atom is -0.466 e. The first-order valence-corrected chi connectivity index (χ1v) is 8.14. The number of nitrogens with one attached hydrogen (secondary N) is 1. The molecule has 2 heterocycles. The number of esters is 1. The van der Waals surface area contributed by atoms with E-state index >= 15 is 0 Å².